The van der Waals surface area contributed by atoms with Gasteiger partial charge in [-0.25, -0.2) is 12.8 Å². The molecule has 3 aromatic rings. The van der Waals surface area contributed by atoms with Gasteiger partial charge < -0.3 is 10.1 Å². The first kappa shape index (κ1) is 20.1. The molecule has 0 saturated carbocycles. The number of ether oxygens (including phenoxy) is 1. The first-order chi connectivity index (χ1) is 13.8. The highest BCUT2D eigenvalue weighted by Gasteiger charge is 2.34. The molecule has 0 bridgehead atoms. The normalized spacial score (nSPS) is 16.2. The van der Waals surface area contributed by atoms with E-state index in [0.717, 1.165) is 10.4 Å². The fraction of sp³-hybridized carbons (Fsp3) is 0.150. The second kappa shape index (κ2) is 7.55. The van der Waals surface area contributed by atoms with Gasteiger partial charge in [0.25, 0.3) is 0 Å². The van der Waals surface area contributed by atoms with Gasteiger partial charge in [-0.2, -0.15) is 0 Å². The molecule has 1 N–H and O–H groups in total. The lowest BCUT2D eigenvalue weighted by atomic mass is 9.91. The Hall–Kier alpha value is -2.23. The van der Waals surface area contributed by atoms with E-state index in [-0.39, 0.29) is 28.0 Å². The molecule has 5 nitrogen and oxygen atoms in total. The van der Waals surface area contributed by atoms with Crippen LogP contribution < -0.4 is 10.1 Å². The molecule has 2 heterocycles. The molecule has 1 aromatic heterocycles. The van der Waals surface area contributed by atoms with Crippen molar-refractivity contribution < 1.29 is 22.3 Å². The number of hydrogen-bond donors (Lipinski definition) is 1. The molecule has 0 radical (unpaired) electrons. The minimum atomic E-state index is -3.84. The molecule has 1 unspecified atom stereocenters. The van der Waals surface area contributed by atoms with Crippen molar-refractivity contribution in [1.29, 1.82) is 0 Å². The summed E-state index contributed by atoms with van der Waals surface area (Å²) in [4.78, 5) is 13.3. The number of rotatable bonds is 4. The number of thiophene rings is 1. The van der Waals surface area contributed by atoms with Gasteiger partial charge in [-0.3, -0.25) is 4.79 Å². The third kappa shape index (κ3) is 3.58. The van der Waals surface area contributed by atoms with E-state index in [4.69, 9.17) is 4.74 Å². The van der Waals surface area contributed by atoms with Crippen LogP contribution in [0.5, 0.6) is 5.75 Å². The molecular weight excluding hydrogens is 481 g/mol. The van der Waals surface area contributed by atoms with Crippen LogP contribution in [0.1, 0.15) is 22.8 Å². The molecule has 0 fully saturated rings. The fourth-order valence-electron chi connectivity index (χ4n) is 3.28. The van der Waals surface area contributed by atoms with Crippen molar-refractivity contribution in [2.75, 3.05) is 12.4 Å². The quantitative estimate of drug-likeness (QED) is 0.554. The van der Waals surface area contributed by atoms with Crippen molar-refractivity contribution in [2.24, 2.45) is 0 Å². The number of benzene rings is 2. The Kier molecular flexibility index (Phi) is 5.22. The van der Waals surface area contributed by atoms with Crippen molar-refractivity contribution in [3.05, 3.63) is 68.6 Å². The molecule has 0 saturated heterocycles. The maximum absolute atomic E-state index is 13.6. The Balaban J connectivity index is 1.80. The molecular formula is C20H15BrFNO4S2. The molecule has 1 aliphatic rings. The average molecular weight is 496 g/mol. The average Bonchev–Trinajstić information content (AvgIpc) is 3.14. The fourth-order valence-corrected chi connectivity index (χ4v) is 6.59. The predicted molar refractivity (Wildman–Crippen MR) is 112 cm³/mol. The lowest BCUT2D eigenvalue weighted by molar-refractivity contribution is -0.116. The van der Waals surface area contributed by atoms with Gasteiger partial charge in [-0.05, 0) is 57.9 Å². The smallest absolute Gasteiger partial charge is 0.225 e. The zero-order chi connectivity index (χ0) is 20.8. The Morgan fingerprint density at radius 3 is 2.59 bits per heavy atom. The molecule has 9 heteroatoms. The number of carbonyl (C=O) groups is 1. The molecule has 150 valence electrons. The van der Waals surface area contributed by atoms with Crippen LogP contribution in [0, 0.1) is 5.82 Å². The van der Waals surface area contributed by atoms with E-state index in [1.807, 2.05) is 0 Å². The second-order valence-electron chi connectivity index (χ2n) is 6.50. The highest BCUT2D eigenvalue weighted by molar-refractivity contribution is 9.10. The van der Waals surface area contributed by atoms with Crippen molar-refractivity contribution in [1.82, 2.24) is 0 Å². The largest absolute Gasteiger partial charge is 0.497 e. The van der Waals surface area contributed by atoms with Crippen LogP contribution in [0.2, 0.25) is 0 Å². The van der Waals surface area contributed by atoms with Crippen LogP contribution in [0.3, 0.4) is 0 Å². The van der Waals surface area contributed by atoms with Gasteiger partial charge in [0, 0.05) is 22.6 Å². The van der Waals surface area contributed by atoms with Gasteiger partial charge >= 0.3 is 0 Å². The highest BCUT2D eigenvalue weighted by Crippen LogP contribution is 2.46. The summed E-state index contributed by atoms with van der Waals surface area (Å²) in [5.41, 5.74) is 1.04. The molecule has 29 heavy (non-hydrogen) atoms. The highest BCUT2D eigenvalue weighted by atomic mass is 79.9. The van der Waals surface area contributed by atoms with E-state index < -0.39 is 15.7 Å². The number of sulfone groups is 1. The number of methoxy groups -OCH3 is 1. The molecule has 1 amide bonds. The van der Waals surface area contributed by atoms with Gasteiger partial charge in [-0.1, -0.05) is 6.07 Å². The Morgan fingerprint density at radius 2 is 1.93 bits per heavy atom. The van der Waals surface area contributed by atoms with E-state index in [1.165, 1.54) is 36.6 Å². The standard InChI is InChI=1S/C20H15BrFNO4S2/c1-27-12-3-5-13(6-4-12)29(25,26)17-10-28-20-14(9-18(24)23-19(17)20)11-2-7-16(22)15(21)8-11/h2-8,10,14H,9H2,1H3,(H,23,24). The summed E-state index contributed by atoms with van der Waals surface area (Å²) in [5.74, 6) is -0.484. The monoisotopic (exact) mass is 495 g/mol. The molecule has 1 aliphatic heterocycles. The zero-order valence-corrected chi connectivity index (χ0v) is 18.3. The summed E-state index contributed by atoms with van der Waals surface area (Å²) < 4.78 is 45.3. The van der Waals surface area contributed by atoms with E-state index in [1.54, 1.807) is 29.6 Å². The zero-order valence-electron chi connectivity index (χ0n) is 15.1. The summed E-state index contributed by atoms with van der Waals surface area (Å²) in [6, 6.07) is 10.7. The Labute approximate surface area is 179 Å². The minimum absolute atomic E-state index is 0.0573. The topological polar surface area (TPSA) is 72.5 Å². The number of carbonyl (C=O) groups excluding carboxylic acids is 1. The number of fused-ring (bicyclic) bond motifs is 1. The van der Waals surface area contributed by atoms with Gasteiger partial charge in [0.1, 0.15) is 16.5 Å². The molecule has 0 aliphatic carbocycles. The van der Waals surface area contributed by atoms with E-state index in [9.17, 15) is 17.6 Å². The number of hydrogen-bond acceptors (Lipinski definition) is 5. The summed E-state index contributed by atoms with van der Waals surface area (Å²) in [6.45, 7) is 0. The third-order valence-electron chi connectivity index (χ3n) is 4.76. The van der Waals surface area contributed by atoms with E-state index >= 15 is 0 Å². The van der Waals surface area contributed by atoms with Crippen LogP contribution >= 0.6 is 27.3 Å². The maximum Gasteiger partial charge on any atom is 0.225 e. The van der Waals surface area contributed by atoms with E-state index in [0.29, 0.717) is 15.9 Å². The van der Waals surface area contributed by atoms with E-state index in [2.05, 4.69) is 21.2 Å². The predicted octanol–water partition coefficient (Wildman–Crippen LogP) is 4.97. The number of amides is 1. The maximum atomic E-state index is 13.6. The summed E-state index contributed by atoms with van der Waals surface area (Å²) >= 11 is 4.44. The molecule has 0 spiro atoms. The Morgan fingerprint density at radius 1 is 1.21 bits per heavy atom. The summed E-state index contributed by atoms with van der Waals surface area (Å²) in [5, 5.41) is 4.26. The molecule has 2 aromatic carbocycles. The first-order valence-electron chi connectivity index (χ1n) is 8.56. The summed E-state index contributed by atoms with van der Waals surface area (Å²) in [7, 11) is -2.33. The van der Waals surface area contributed by atoms with Gasteiger partial charge in [0.05, 0.1) is 22.2 Å². The number of anilines is 1. The number of nitrogens with one attached hydrogen (secondary N) is 1. The lowest BCUT2D eigenvalue weighted by Gasteiger charge is -2.24. The van der Waals surface area contributed by atoms with Crippen molar-refractivity contribution >= 4 is 48.7 Å². The van der Waals surface area contributed by atoms with Crippen LogP contribution in [0.15, 0.2) is 62.1 Å². The van der Waals surface area contributed by atoms with Gasteiger partial charge in [0.2, 0.25) is 15.7 Å². The van der Waals surface area contributed by atoms with Crippen LogP contribution in [-0.2, 0) is 14.6 Å². The molecule has 1 atom stereocenters. The first-order valence-corrected chi connectivity index (χ1v) is 11.7. The van der Waals surface area contributed by atoms with Crippen LogP contribution in [-0.4, -0.2) is 21.4 Å². The molecule has 4 rings (SSSR count). The van der Waals surface area contributed by atoms with Gasteiger partial charge in [-0.15, -0.1) is 11.3 Å². The summed E-state index contributed by atoms with van der Waals surface area (Å²) in [6.07, 6.45) is 0.160. The second-order valence-corrected chi connectivity index (χ2v) is 10.2. The number of halogens is 2. The van der Waals surface area contributed by atoms with Gasteiger partial charge in [0.15, 0.2) is 0 Å². The van der Waals surface area contributed by atoms with Crippen molar-refractivity contribution in [2.45, 2.75) is 22.1 Å². The Bertz CT molecular complexity index is 1210. The third-order valence-corrected chi connectivity index (χ3v) is 8.41. The lowest BCUT2D eigenvalue weighted by Crippen LogP contribution is -2.23. The van der Waals surface area contributed by atoms with Crippen LogP contribution in [0.4, 0.5) is 10.1 Å². The SMILES string of the molecule is COc1ccc(S(=O)(=O)c2csc3c2NC(=O)CC3c2ccc(F)c(Br)c2)cc1. The minimum Gasteiger partial charge on any atom is -0.497 e. The van der Waals surface area contributed by atoms with Crippen molar-refractivity contribution in [3.63, 3.8) is 0 Å². The van der Waals surface area contributed by atoms with Crippen LogP contribution in [0.25, 0.3) is 0 Å². The van der Waals surface area contributed by atoms with Crippen molar-refractivity contribution in [3.8, 4) is 5.75 Å².